The van der Waals surface area contributed by atoms with Crippen LogP contribution < -0.4 is 10.1 Å². The fourth-order valence-electron chi connectivity index (χ4n) is 3.49. The van der Waals surface area contributed by atoms with Gasteiger partial charge in [-0.1, -0.05) is 6.92 Å². The third kappa shape index (κ3) is 6.83. The van der Waals surface area contributed by atoms with Gasteiger partial charge in [-0.2, -0.15) is 0 Å². The number of aromatic nitrogens is 2. The number of likely N-dealkylation sites (tertiary alicyclic amines) is 1. The molecule has 3 rings (SSSR count). The Morgan fingerprint density at radius 3 is 2.83 bits per heavy atom. The molecule has 0 radical (unpaired) electrons. The lowest BCUT2D eigenvalue weighted by Gasteiger charge is -2.39. The largest absolute Gasteiger partial charge is 0.491 e. The lowest BCUT2D eigenvalue weighted by molar-refractivity contribution is 0.113. The number of nitrogens with one attached hydrogen (secondary N) is 1. The van der Waals surface area contributed by atoms with Crippen LogP contribution in [-0.2, 0) is 0 Å². The fraction of sp³-hybridized carbons (Fsp3) is 0.524. The number of hydrogen-bond acceptors (Lipinski definition) is 4. The van der Waals surface area contributed by atoms with Crippen molar-refractivity contribution < 1.29 is 14.2 Å². The zero-order valence-electron chi connectivity index (χ0n) is 17.4. The summed E-state index contributed by atoms with van der Waals surface area (Å²) in [6.07, 6.45) is 5.99. The predicted molar refractivity (Wildman–Crippen MR) is 126 cm³/mol. The molecule has 7 nitrogen and oxygen atoms in total. The third-order valence-corrected chi connectivity index (χ3v) is 5.17. The average Bonchev–Trinajstić information content (AvgIpc) is 3.26. The van der Waals surface area contributed by atoms with E-state index in [0.29, 0.717) is 17.7 Å². The van der Waals surface area contributed by atoms with E-state index in [9.17, 15) is 9.50 Å². The smallest absolute Gasteiger partial charge is 0.194 e. The maximum atomic E-state index is 12.9. The molecular weight excluding hydrogens is 500 g/mol. The number of hydrogen-bond donors (Lipinski definition) is 2. The van der Waals surface area contributed by atoms with Gasteiger partial charge in [0.05, 0.1) is 18.9 Å². The van der Waals surface area contributed by atoms with Crippen molar-refractivity contribution in [1.82, 2.24) is 19.8 Å². The van der Waals surface area contributed by atoms with Gasteiger partial charge in [0.2, 0.25) is 0 Å². The van der Waals surface area contributed by atoms with Gasteiger partial charge in [0, 0.05) is 32.0 Å². The Morgan fingerprint density at radius 1 is 1.40 bits per heavy atom. The summed E-state index contributed by atoms with van der Waals surface area (Å²) in [6.45, 7) is 7.13. The maximum absolute atomic E-state index is 12.9. The van der Waals surface area contributed by atoms with Crippen LogP contribution >= 0.6 is 24.0 Å². The first-order chi connectivity index (χ1) is 14.1. The molecule has 1 aromatic carbocycles. The Balaban J connectivity index is 0.00000320. The van der Waals surface area contributed by atoms with Crippen molar-refractivity contribution in [3.63, 3.8) is 0 Å². The van der Waals surface area contributed by atoms with E-state index in [4.69, 9.17) is 4.74 Å². The van der Waals surface area contributed by atoms with Gasteiger partial charge in [-0.25, -0.2) is 9.37 Å². The molecule has 9 heteroatoms. The van der Waals surface area contributed by atoms with Crippen molar-refractivity contribution in [1.29, 1.82) is 0 Å². The highest BCUT2D eigenvalue weighted by molar-refractivity contribution is 14.0. The molecule has 0 spiro atoms. The zero-order valence-corrected chi connectivity index (χ0v) is 19.8. The minimum Gasteiger partial charge on any atom is -0.491 e. The molecule has 3 unspecified atom stereocenters. The minimum atomic E-state index is -0.748. The molecule has 0 saturated carbocycles. The molecule has 0 aliphatic carbocycles. The van der Waals surface area contributed by atoms with E-state index in [-0.39, 0.29) is 42.9 Å². The molecule has 0 bridgehead atoms. The number of benzene rings is 1. The number of aliphatic hydroxyl groups excluding tert-OH is 1. The molecule has 1 saturated heterocycles. The number of halogens is 2. The van der Waals surface area contributed by atoms with E-state index in [1.807, 2.05) is 25.6 Å². The summed E-state index contributed by atoms with van der Waals surface area (Å²) in [6, 6.07) is 6.08. The first-order valence-corrected chi connectivity index (χ1v) is 10.1. The molecule has 3 atom stereocenters. The Bertz CT molecular complexity index is 772. The standard InChI is InChI=1S/C21H30FN5O2.HI/c1-3-24-21(25-12-18(28)14-29-19-6-4-17(22)5-7-19)26-10-8-16(2)20(13-26)27-11-9-23-15-27;/h4-7,9,11,15-16,18,20,28H,3,8,10,12-14H2,1-2H3,(H,24,25);1H. The van der Waals surface area contributed by atoms with Gasteiger partial charge < -0.3 is 24.6 Å². The number of piperidine rings is 1. The van der Waals surface area contributed by atoms with Crippen LogP contribution in [0.15, 0.2) is 48.0 Å². The third-order valence-electron chi connectivity index (χ3n) is 5.17. The van der Waals surface area contributed by atoms with Gasteiger partial charge in [0.1, 0.15) is 24.3 Å². The van der Waals surface area contributed by atoms with E-state index in [1.165, 1.54) is 12.1 Å². The summed E-state index contributed by atoms with van der Waals surface area (Å²) < 4.78 is 20.6. The van der Waals surface area contributed by atoms with Gasteiger partial charge in [0.25, 0.3) is 0 Å². The number of imidazole rings is 1. The summed E-state index contributed by atoms with van der Waals surface area (Å²) in [4.78, 5) is 11.0. The molecule has 1 fully saturated rings. The predicted octanol–water partition coefficient (Wildman–Crippen LogP) is 2.93. The summed E-state index contributed by atoms with van der Waals surface area (Å²) in [5.41, 5.74) is 0. The first-order valence-electron chi connectivity index (χ1n) is 10.1. The van der Waals surface area contributed by atoms with Crippen molar-refractivity contribution >= 4 is 29.9 Å². The van der Waals surface area contributed by atoms with Crippen molar-refractivity contribution in [2.24, 2.45) is 10.9 Å². The van der Waals surface area contributed by atoms with Crippen LogP contribution in [0.2, 0.25) is 0 Å². The van der Waals surface area contributed by atoms with Gasteiger partial charge in [-0.15, -0.1) is 24.0 Å². The summed E-state index contributed by atoms with van der Waals surface area (Å²) in [5.74, 6) is 1.56. The van der Waals surface area contributed by atoms with Crippen molar-refractivity contribution in [3.8, 4) is 5.75 Å². The van der Waals surface area contributed by atoms with Gasteiger partial charge >= 0.3 is 0 Å². The quantitative estimate of drug-likeness (QED) is 0.327. The highest BCUT2D eigenvalue weighted by Crippen LogP contribution is 2.27. The van der Waals surface area contributed by atoms with Crippen LogP contribution in [0.3, 0.4) is 0 Å². The molecule has 2 aromatic rings. The molecule has 1 aromatic heterocycles. The lowest BCUT2D eigenvalue weighted by Crippen LogP contribution is -2.49. The number of guanidine groups is 1. The molecule has 2 heterocycles. The van der Waals surface area contributed by atoms with E-state index in [1.54, 1.807) is 12.1 Å². The highest BCUT2D eigenvalue weighted by Gasteiger charge is 2.29. The van der Waals surface area contributed by atoms with E-state index < -0.39 is 6.10 Å². The molecule has 30 heavy (non-hydrogen) atoms. The van der Waals surface area contributed by atoms with Crippen LogP contribution in [-0.4, -0.2) is 64.4 Å². The number of aliphatic imine (C=N–C) groups is 1. The first kappa shape index (κ1) is 24.4. The summed E-state index contributed by atoms with van der Waals surface area (Å²) in [7, 11) is 0. The topological polar surface area (TPSA) is 74.9 Å². The average molecular weight is 531 g/mol. The SMILES string of the molecule is CCNC(=NCC(O)COc1ccc(F)cc1)N1CCC(C)C(n2ccnc2)C1.I. The van der Waals surface area contributed by atoms with Crippen molar-refractivity contribution in [3.05, 3.63) is 48.8 Å². The fourth-order valence-corrected chi connectivity index (χ4v) is 3.49. The molecule has 166 valence electrons. The Hall–Kier alpha value is -1.88. The second-order valence-corrected chi connectivity index (χ2v) is 7.40. The zero-order chi connectivity index (χ0) is 20.6. The van der Waals surface area contributed by atoms with Gasteiger partial charge in [0.15, 0.2) is 5.96 Å². The molecule has 2 N–H and O–H groups in total. The molecular formula is C21H31FIN5O2. The number of rotatable bonds is 7. The Labute approximate surface area is 194 Å². The van der Waals surface area contributed by atoms with E-state index in [2.05, 4.69) is 31.7 Å². The van der Waals surface area contributed by atoms with Crippen LogP contribution in [0.25, 0.3) is 0 Å². The van der Waals surface area contributed by atoms with Gasteiger partial charge in [-0.05, 0) is 43.5 Å². The normalized spacial score (nSPS) is 20.4. The monoisotopic (exact) mass is 531 g/mol. The molecule has 1 aliphatic heterocycles. The van der Waals surface area contributed by atoms with Crippen molar-refractivity contribution in [2.45, 2.75) is 32.4 Å². The molecule has 0 amide bonds. The minimum absolute atomic E-state index is 0. The Kier molecular flexibility index (Phi) is 9.83. The Morgan fingerprint density at radius 2 is 2.17 bits per heavy atom. The van der Waals surface area contributed by atoms with Crippen LogP contribution in [0.1, 0.15) is 26.3 Å². The van der Waals surface area contributed by atoms with Crippen LogP contribution in [0.4, 0.5) is 4.39 Å². The van der Waals surface area contributed by atoms with E-state index in [0.717, 1.165) is 32.0 Å². The highest BCUT2D eigenvalue weighted by atomic mass is 127. The van der Waals surface area contributed by atoms with Crippen LogP contribution in [0.5, 0.6) is 5.75 Å². The lowest BCUT2D eigenvalue weighted by atomic mass is 9.93. The number of aliphatic hydroxyl groups is 1. The summed E-state index contributed by atoms with van der Waals surface area (Å²) in [5, 5.41) is 13.6. The van der Waals surface area contributed by atoms with E-state index >= 15 is 0 Å². The second kappa shape index (κ2) is 12.1. The summed E-state index contributed by atoms with van der Waals surface area (Å²) >= 11 is 0. The van der Waals surface area contributed by atoms with Crippen molar-refractivity contribution in [2.75, 3.05) is 32.8 Å². The second-order valence-electron chi connectivity index (χ2n) is 7.40. The molecule has 1 aliphatic rings. The van der Waals surface area contributed by atoms with Crippen LogP contribution in [0, 0.1) is 11.7 Å². The van der Waals surface area contributed by atoms with Gasteiger partial charge in [-0.3, -0.25) is 4.99 Å². The number of ether oxygens (including phenoxy) is 1. The maximum Gasteiger partial charge on any atom is 0.194 e. The number of nitrogens with zero attached hydrogens (tertiary/aromatic N) is 4.